The van der Waals surface area contributed by atoms with Gasteiger partial charge in [0.05, 0.1) is 17.1 Å². The Labute approximate surface area is 176 Å². The molecule has 0 unspecified atom stereocenters. The molecule has 30 heavy (non-hydrogen) atoms. The number of carbonyl (C=O) groups is 2. The quantitative estimate of drug-likeness (QED) is 0.757. The van der Waals surface area contributed by atoms with Gasteiger partial charge in [0.1, 0.15) is 0 Å². The molecule has 1 saturated heterocycles. The van der Waals surface area contributed by atoms with Crippen molar-refractivity contribution in [2.24, 2.45) is 0 Å². The van der Waals surface area contributed by atoms with Crippen LogP contribution < -0.4 is 10.6 Å². The lowest BCUT2D eigenvalue weighted by molar-refractivity contribution is -0.114. The second-order valence-corrected chi connectivity index (χ2v) is 9.26. The van der Waals surface area contributed by atoms with Crippen molar-refractivity contribution in [2.75, 3.05) is 23.7 Å². The van der Waals surface area contributed by atoms with Gasteiger partial charge in [0, 0.05) is 37.0 Å². The molecule has 2 aromatic rings. The van der Waals surface area contributed by atoms with Gasteiger partial charge in [-0.2, -0.15) is 4.31 Å². The highest BCUT2D eigenvalue weighted by Gasteiger charge is 2.32. The molecule has 1 fully saturated rings. The highest BCUT2D eigenvalue weighted by atomic mass is 32.2. The van der Waals surface area contributed by atoms with Crippen molar-refractivity contribution < 1.29 is 22.7 Å². The zero-order valence-electron chi connectivity index (χ0n) is 17.1. The molecule has 0 radical (unpaired) electrons. The van der Waals surface area contributed by atoms with Gasteiger partial charge in [-0.15, -0.1) is 0 Å². The number of ether oxygens (including phenoxy) is 1. The molecular weight excluding hydrogens is 406 g/mol. The van der Waals surface area contributed by atoms with Gasteiger partial charge in [0.15, 0.2) is 0 Å². The molecule has 1 heterocycles. The van der Waals surface area contributed by atoms with Gasteiger partial charge in [-0.25, -0.2) is 8.42 Å². The third kappa shape index (κ3) is 5.24. The maximum atomic E-state index is 12.9. The van der Waals surface area contributed by atoms with Crippen molar-refractivity contribution in [3.8, 4) is 0 Å². The van der Waals surface area contributed by atoms with E-state index in [4.69, 9.17) is 4.74 Å². The highest BCUT2D eigenvalue weighted by molar-refractivity contribution is 7.89. The Morgan fingerprint density at radius 1 is 0.967 bits per heavy atom. The number of rotatable bonds is 5. The average molecular weight is 432 g/mol. The van der Waals surface area contributed by atoms with Crippen molar-refractivity contribution in [3.63, 3.8) is 0 Å². The fourth-order valence-electron chi connectivity index (χ4n) is 3.33. The highest BCUT2D eigenvalue weighted by Crippen LogP contribution is 2.23. The van der Waals surface area contributed by atoms with Gasteiger partial charge < -0.3 is 15.4 Å². The lowest BCUT2D eigenvalue weighted by atomic mass is 10.2. The van der Waals surface area contributed by atoms with E-state index in [0.29, 0.717) is 30.0 Å². The molecule has 8 nitrogen and oxygen atoms in total. The minimum Gasteiger partial charge on any atom is -0.373 e. The number of anilines is 2. The molecule has 1 aliphatic heterocycles. The number of hydrogen-bond donors (Lipinski definition) is 2. The van der Waals surface area contributed by atoms with E-state index < -0.39 is 10.0 Å². The van der Waals surface area contributed by atoms with E-state index in [1.165, 1.54) is 23.4 Å². The third-order valence-corrected chi connectivity index (χ3v) is 6.43. The number of sulfonamides is 1. The zero-order chi connectivity index (χ0) is 21.9. The smallest absolute Gasteiger partial charge is 0.255 e. The van der Waals surface area contributed by atoms with Gasteiger partial charge in [-0.3, -0.25) is 9.59 Å². The van der Waals surface area contributed by atoms with Crippen LogP contribution in [0.25, 0.3) is 0 Å². The summed E-state index contributed by atoms with van der Waals surface area (Å²) in [5.41, 5.74) is 1.35. The zero-order valence-corrected chi connectivity index (χ0v) is 17.9. The first-order valence-corrected chi connectivity index (χ1v) is 11.0. The van der Waals surface area contributed by atoms with E-state index in [1.807, 2.05) is 13.8 Å². The second-order valence-electron chi connectivity index (χ2n) is 7.32. The van der Waals surface area contributed by atoms with Crippen molar-refractivity contribution in [1.29, 1.82) is 0 Å². The molecule has 0 bridgehead atoms. The van der Waals surface area contributed by atoms with E-state index in [1.54, 1.807) is 36.4 Å². The van der Waals surface area contributed by atoms with Gasteiger partial charge in [0.25, 0.3) is 5.91 Å². The summed E-state index contributed by atoms with van der Waals surface area (Å²) < 4.78 is 32.8. The van der Waals surface area contributed by atoms with Crippen LogP contribution in [-0.4, -0.2) is 49.8 Å². The Morgan fingerprint density at radius 2 is 1.60 bits per heavy atom. The standard InChI is InChI=1S/C21H25N3O5S/c1-14-12-24(13-15(2)29-14)30(27,28)20-9-7-18(8-10-20)23-21(26)17-5-4-6-19(11-17)22-16(3)25/h4-11,14-15H,12-13H2,1-3H3,(H,22,25)(H,23,26)/t14-,15-/m1/s1. The SMILES string of the molecule is CC(=O)Nc1cccc(C(=O)Nc2ccc(S(=O)(=O)N3C[C@@H](C)O[C@H](C)C3)cc2)c1. The fraction of sp³-hybridized carbons (Fsp3) is 0.333. The van der Waals surface area contributed by atoms with Crippen molar-refractivity contribution in [2.45, 2.75) is 37.9 Å². The molecular formula is C21H25N3O5S. The lowest BCUT2D eigenvalue weighted by Crippen LogP contribution is -2.48. The number of nitrogens with zero attached hydrogens (tertiary/aromatic N) is 1. The third-order valence-electron chi connectivity index (χ3n) is 4.58. The average Bonchev–Trinajstić information content (AvgIpc) is 2.67. The second kappa shape index (κ2) is 8.95. The summed E-state index contributed by atoms with van der Waals surface area (Å²) in [6.07, 6.45) is -0.342. The van der Waals surface area contributed by atoms with Gasteiger partial charge >= 0.3 is 0 Å². The monoisotopic (exact) mass is 431 g/mol. The topological polar surface area (TPSA) is 105 Å². The van der Waals surface area contributed by atoms with E-state index in [-0.39, 0.29) is 28.9 Å². The molecule has 9 heteroatoms. The first-order chi connectivity index (χ1) is 14.1. The van der Waals surface area contributed by atoms with Crippen molar-refractivity contribution >= 4 is 33.2 Å². The van der Waals surface area contributed by atoms with Crippen molar-refractivity contribution in [1.82, 2.24) is 4.31 Å². The summed E-state index contributed by atoms with van der Waals surface area (Å²) in [5, 5.41) is 5.36. The summed E-state index contributed by atoms with van der Waals surface area (Å²) in [5.74, 6) is -0.595. The Morgan fingerprint density at radius 3 is 2.20 bits per heavy atom. The molecule has 0 aromatic heterocycles. The van der Waals surface area contributed by atoms with Crippen LogP contribution in [0.3, 0.4) is 0 Å². The minimum absolute atomic E-state index is 0.162. The van der Waals surface area contributed by atoms with Gasteiger partial charge in [0.2, 0.25) is 15.9 Å². The van der Waals surface area contributed by atoms with Gasteiger partial charge in [-0.05, 0) is 56.3 Å². The summed E-state index contributed by atoms with van der Waals surface area (Å²) in [6.45, 7) is 5.68. The van der Waals surface area contributed by atoms with Gasteiger partial charge in [-0.1, -0.05) is 6.07 Å². The Balaban J connectivity index is 1.71. The lowest BCUT2D eigenvalue weighted by Gasteiger charge is -2.34. The van der Waals surface area contributed by atoms with Crippen LogP contribution in [0, 0.1) is 0 Å². The molecule has 2 N–H and O–H groups in total. The molecule has 0 aliphatic carbocycles. The maximum Gasteiger partial charge on any atom is 0.255 e. The number of benzene rings is 2. The number of carbonyl (C=O) groups excluding carboxylic acids is 2. The Kier molecular flexibility index (Phi) is 6.55. The van der Waals surface area contributed by atoms with Crippen LogP contribution in [0.15, 0.2) is 53.4 Å². The number of nitrogens with one attached hydrogen (secondary N) is 2. The first-order valence-electron chi connectivity index (χ1n) is 9.60. The van der Waals surface area contributed by atoms with Crippen LogP contribution >= 0.6 is 0 Å². The minimum atomic E-state index is -3.64. The van der Waals surface area contributed by atoms with Crippen LogP contribution in [0.5, 0.6) is 0 Å². The maximum absolute atomic E-state index is 12.9. The normalized spacial score (nSPS) is 19.8. The van der Waals surface area contributed by atoms with Crippen molar-refractivity contribution in [3.05, 3.63) is 54.1 Å². The molecule has 2 atom stereocenters. The molecule has 160 valence electrons. The fourth-order valence-corrected chi connectivity index (χ4v) is 4.92. The predicted molar refractivity (Wildman–Crippen MR) is 114 cm³/mol. The first kappa shape index (κ1) is 21.9. The molecule has 0 saturated carbocycles. The van der Waals surface area contributed by atoms with Crippen LogP contribution in [0.2, 0.25) is 0 Å². The molecule has 2 amide bonds. The van der Waals surface area contributed by atoms with E-state index in [2.05, 4.69) is 10.6 Å². The summed E-state index contributed by atoms with van der Waals surface area (Å²) in [4.78, 5) is 23.8. The Bertz CT molecular complexity index is 1030. The Hall–Kier alpha value is -2.75. The summed E-state index contributed by atoms with van der Waals surface area (Å²) >= 11 is 0. The largest absolute Gasteiger partial charge is 0.373 e. The van der Waals surface area contributed by atoms with Crippen LogP contribution in [-0.2, 0) is 19.6 Å². The van der Waals surface area contributed by atoms with E-state index in [0.717, 1.165) is 0 Å². The van der Waals surface area contributed by atoms with E-state index >= 15 is 0 Å². The molecule has 2 aromatic carbocycles. The predicted octanol–water partition coefficient (Wildman–Crippen LogP) is 2.70. The van der Waals surface area contributed by atoms with E-state index in [9.17, 15) is 18.0 Å². The number of amides is 2. The molecule has 1 aliphatic rings. The number of morpholine rings is 1. The van der Waals surface area contributed by atoms with Crippen LogP contribution in [0.1, 0.15) is 31.1 Å². The van der Waals surface area contributed by atoms with Crippen LogP contribution in [0.4, 0.5) is 11.4 Å². The molecule has 3 rings (SSSR count). The molecule has 0 spiro atoms. The number of hydrogen-bond acceptors (Lipinski definition) is 5. The summed E-state index contributed by atoms with van der Waals surface area (Å²) in [6, 6.07) is 12.6. The summed E-state index contributed by atoms with van der Waals surface area (Å²) in [7, 11) is -3.64.